The average molecular weight is 408 g/mol. The van der Waals surface area contributed by atoms with Gasteiger partial charge in [0, 0.05) is 56.3 Å². The lowest BCUT2D eigenvalue weighted by molar-refractivity contribution is -0.386. The minimum absolute atomic E-state index is 0. The molecule has 1 aromatic heterocycles. The smallest absolute Gasteiger partial charge is 0.273 e. The quantitative estimate of drug-likeness (QED) is 0.623. The fourth-order valence-corrected chi connectivity index (χ4v) is 3.49. The number of amides is 1. The summed E-state index contributed by atoms with van der Waals surface area (Å²) in [5.41, 5.74) is 0.548. The van der Waals surface area contributed by atoms with E-state index in [2.05, 4.69) is 10.3 Å². The van der Waals surface area contributed by atoms with Crippen LogP contribution in [0.1, 0.15) is 48.6 Å². The zero-order valence-corrected chi connectivity index (χ0v) is 17.3. The second kappa shape index (κ2) is 8.28. The van der Waals surface area contributed by atoms with Crippen LogP contribution in [0, 0.1) is 10.1 Å². The van der Waals surface area contributed by atoms with E-state index in [0.29, 0.717) is 30.8 Å². The molecule has 0 spiro atoms. The SMILES string of the molecule is Cl.Cn1ccnc1C1CNCCN1C(=O)c1ccc(C(C)(C)C)c([N+](=O)[O-])c1. The van der Waals surface area contributed by atoms with Crippen LogP contribution in [0.25, 0.3) is 0 Å². The number of aryl methyl sites for hydroxylation is 1. The molecule has 0 aliphatic carbocycles. The first-order chi connectivity index (χ1) is 12.7. The molecule has 152 valence electrons. The number of hydrogen-bond acceptors (Lipinski definition) is 5. The van der Waals surface area contributed by atoms with Gasteiger partial charge in [-0.2, -0.15) is 0 Å². The number of nitrogens with one attached hydrogen (secondary N) is 1. The van der Waals surface area contributed by atoms with Crippen molar-refractivity contribution in [1.82, 2.24) is 19.8 Å². The Hall–Kier alpha value is -2.45. The Labute approximate surface area is 170 Å². The van der Waals surface area contributed by atoms with Gasteiger partial charge in [0.15, 0.2) is 0 Å². The topological polar surface area (TPSA) is 93.3 Å². The summed E-state index contributed by atoms with van der Waals surface area (Å²) in [5.74, 6) is 0.574. The minimum Gasteiger partial charge on any atom is -0.336 e. The Morgan fingerprint density at radius 3 is 2.64 bits per heavy atom. The fourth-order valence-electron chi connectivity index (χ4n) is 3.49. The molecule has 3 rings (SSSR count). The number of nitro benzene ring substituents is 1. The van der Waals surface area contributed by atoms with E-state index in [-0.39, 0.29) is 35.5 Å². The van der Waals surface area contributed by atoms with Crippen LogP contribution in [0.5, 0.6) is 0 Å². The number of aromatic nitrogens is 2. The largest absolute Gasteiger partial charge is 0.336 e. The molecule has 0 radical (unpaired) electrons. The molecule has 1 atom stereocenters. The van der Waals surface area contributed by atoms with Crippen LogP contribution >= 0.6 is 12.4 Å². The Morgan fingerprint density at radius 2 is 2.07 bits per heavy atom. The molecule has 1 fully saturated rings. The highest BCUT2D eigenvalue weighted by Gasteiger charge is 2.33. The highest BCUT2D eigenvalue weighted by molar-refractivity contribution is 5.95. The molecule has 1 aromatic carbocycles. The van der Waals surface area contributed by atoms with Crippen molar-refractivity contribution >= 4 is 24.0 Å². The van der Waals surface area contributed by atoms with Gasteiger partial charge in [-0.3, -0.25) is 14.9 Å². The molecule has 2 aromatic rings. The first kappa shape index (κ1) is 21.8. The Kier molecular flexibility index (Phi) is 6.46. The van der Waals surface area contributed by atoms with E-state index in [9.17, 15) is 14.9 Å². The standard InChI is InChI=1S/C19H25N5O3.ClH/c1-19(2,3)14-6-5-13(11-15(14)24(26)27)18(25)23-10-7-20-12-16(23)17-21-8-9-22(17)4;/h5-6,8-9,11,16,20H,7,10,12H2,1-4H3;1H. The number of imidazole rings is 1. The molecule has 0 saturated carbocycles. The van der Waals surface area contributed by atoms with Gasteiger partial charge in [-0.25, -0.2) is 4.98 Å². The molecule has 28 heavy (non-hydrogen) atoms. The van der Waals surface area contributed by atoms with Gasteiger partial charge in [0.05, 0.1) is 4.92 Å². The predicted octanol–water partition coefficient (Wildman–Crippen LogP) is 2.83. The second-order valence-electron chi connectivity index (χ2n) is 7.85. The summed E-state index contributed by atoms with van der Waals surface area (Å²) >= 11 is 0. The van der Waals surface area contributed by atoms with Gasteiger partial charge < -0.3 is 14.8 Å². The molecule has 2 heterocycles. The third-order valence-corrected chi connectivity index (χ3v) is 4.91. The van der Waals surface area contributed by atoms with Gasteiger partial charge >= 0.3 is 0 Å². The van der Waals surface area contributed by atoms with Crippen LogP contribution in [0.2, 0.25) is 0 Å². The van der Waals surface area contributed by atoms with E-state index in [0.717, 1.165) is 5.82 Å². The third kappa shape index (κ3) is 4.18. The summed E-state index contributed by atoms with van der Waals surface area (Å²) in [4.78, 5) is 30.5. The number of halogens is 1. The van der Waals surface area contributed by atoms with Crippen molar-refractivity contribution in [2.75, 3.05) is 19.6 Å². The van der Waals surface area contributed by atoms with Crippen molar-refractivity contribution in [2.45, 2.75) is 32.2 Å². The van der Waals surface area contributed by atoms with Crippen LogP contribution in [0.4, 0.5) is 5.69 Å². The van der Waals surface area contributed by atoms with Crippen LogP contribution in [-0.2, 0) is 12.5 Å². The lowest BCUT2D eigenvalue weighted by atomic mass is 9.85. The van der Waals surface area contributed by atoms with Crippen molar-refractivity contribution in [3.05, 3.63) is 57.7 Å². The predicted molar refractivity (Wildman–Crippen MR) is 109 cm³/mol. The van der Waals surface area contributed by atoms with Crippen molar-refractivity contribution in [3.63, 3.8) is 0 Å². The molecular weight excluding hydrogens is 382 g/mol. The van der Waals surface area contributed by atoms with Crippen LogP contribution in [0.3, 0.4) is 0 Å². The molecule has 1 aliphatic heterocycles. The molecule has 1 saturated heterocycles. The summed E-state index contributed by atoms with van der Waals surface area (Å²) < 4.78 is 1.89. The van der Waals surface area contributed by atoms with E-state index < -0.39 is 4.92 Å². The minimum atomic E-state index is -0.411. The molecule has 1 unspecified atom stereocenters. The van der Waals surface area contributed by atoms with Crippen LogP contribution < -0.4 is 5.32 Å². The van der Waals surface area contributed by atoms with Crippen molar-refractivity contribution < 1.29 is 9.72 Å². The number of nitrogens with zero attached hydrogens (tertiary/aromatic N) is 4. The van der Waals surface area contributed by atoms with E-state index in [1.807, 2.05) is 38.6 Å². The average Bonchev–Trinajstić information content (AvgIpc) is 3.05. The van der Waals surface area contributed by atoms with Crippen molar-refractivity contribution in [1.29, 1.82) is 0 Å². The zero-order chi connectivity index (χ0) is 19.8. The number of carbonyl (C=O) groups excluding carboxylic acids is 1. The van der Waals surface area contributed by atoms with E-state index in [1.165, 1.54) is 6.07 Å². The number of benzene rings is 1. The molecular formula is C19H26ClN5O3. The lowest BCUT2D eigenvalue weighted by Crippen LogP contribution is -2.49. The Balaban J connectivity index is 0.00000280. The highest BCUT2D eigenvalue weighted by Crippen LogP contribution is 2.33. The van der Waals surface area contributed by atoms with Gasteiger partial charge in [0.1, 0.15) is 11.9 Å². The van der Waals surface area contributed by atoms with Crippen LogP contribution in [-0.4, -0.2) is 44.9 Å². The zero-order valence-electron chi connectivity index (χ0n) is 16.5. The second-order valence-corrected chi connectivity index (χ2v) is 7.85. The first-order valence-corrected chi connectivity index (χ1v) is 8.98. The van der Waals surface area contributed by atoms with Gasteiger partial charge in [0.25, 0.3) is 11.6 Å². The summed E-state index contributed by atoms with van der Waals surface area (Å²) in [5, 5.41) is 14.9. The monoisotopic (exact) mass is 407 g/mol. The van der Waals surface area contributed by atoms with E-state index >= 15 is 0 Å². The number of piperazine rings is 1. The molecule has 1 amide bonds. The third-order valence-electron chi connectivity index (χ3n) is 4.91. The first-order valence-electron chi connectivity index (χ1n) is 8.98. The van der Waals surface area contributed by atoms with Gasteiger partial charge in [0.2, 0.25) is 0 Å². The van der Waals surface area contributed by atoms with Gasteiger partial charge in [-0.1, -0.05) is 26.8 Å². The maximum Gasteiger partial charge on any atom is 0.273 e. The maximum atomic E-state index is 13.2. The molecule has 8 nitrogen and oxygen atoms in total. The van der Waals surface area contributed by atoms with E-state index in [4.69, 9.17) is 0 Å². The number of carbonyl (C=O) groups is 1. The summed E-state index contributed by atoms with van der Waals surface area (Å²) in [6.07, 6.45) is 3.55. The number of nitro groups is 1. The number of rotatable bonds is 3. The highest BCUT2D eigenvalue weighted by atomic mass is 35.5. The van der Waals surface area contributed by atoms with Crippen molar-refractivity contribution in [2.24, 2.45) is 7.05 Å². The summed E-state index contributed by atoms with van der Waals surface area (Å²) in [7, 11) is 1.89. The van der Waals surface area contributed by atoms with Crippen LogP contribution in [0.15, 0.2) is 30.6 Å². The van der Waals surface area contributed by atoms with E-state index in [1.54, 1.807) is 23.2 Å². The molecule has 0 bridgehead atoms. The summed E-state index contributed by atoms with van der Waals surface area (Å²) in [6, 6.07) is 4.57. The normalized spacial score (nSPS) is 17.1. The molecule has 9 heteroatoms. The maximum absolute atomic E-state index is 13.2. The summed E-state index contributed by atoms with van der Waals surface area (Å²) in [6.45, 7) is 7.55. The molecule has 1 N–H and O–H groups in total. The number of hydrogen-bond donors (Lipinski definition) is 1. The fraction of sp³-hybridized carbons (Fsp3) is 0.474. The van der Waals surface area contributed by atoms with Gasteiger partial charge in [-0.15, -0.1) is 12.4 Å². The Morgan fingerprint density at radius 1 is 1.36 bits per heavy atom. The lowest BCUT2D eigenvalue weighted by Gasteiger charge is -2.35. The van der Waals surface area contributed by atoms with Crippen molar-refractivity contribution in [3.8, 4) is 0 Å². The molecule has 1 aliphatic rings. The Bertz CT molecular complexity index is 875. The van der Waals surface area contributed by atoms with Gasteiger partial charge in [-0.05, 0) is 11.5 Å².